The lowest BCUT2D eigenvalue weighted by Crippen LogP contribution is -2.24. The largest absolute Gasteiger partial charge is 0.431 e. The zero-order valence-electron chi connectivity index (χ0n) is 11.2. The van der Waals surface area contributed by atoms with Crippen LogP contribution in [-0.4, -0.2) is 21.6 Å². The molecular formula is C15H13N3O2S. The van der Waals surface area contributed by atoms with Crippen LogP contribution in [0.15, 0.2) is 58.4 Å². The smallest absolute Gasteiger partial charge is 0.257 e. The van der Waals surface area contributed by atoms with E-state index < -0.39 is 0 Å². The van der Waals surface area contributed by atoms with Crippen LogP contribution in [-0.2, 0) is 11.3 Å². The summed E-state index contributed by atoms with van der Waals surface area (Å²) in [6.07, 6.45) is 3.43. The highest BCUT2D eigenvalue weighted by atomic mass is 32.2. The number of hydrogen-bond donors (Lipinski definition) is 1. The van der Waals surface area contributed by atoms with Crippen LogP contribution in [0.2, 0.25) is 0 Å². The van der Waals surface area contributed by atoms with E-state index in [1.807, 2.05) is 36.4 Å². The average molecular weight is 299 g/mol. The molecule has 0 fully saturated rings. The van der Waals surface area contributed by atoms with Crippen molar-refractivity contribution in [3.05, 3.63) is 54.4 Å². The van der Waals surface area contributed by atoms with Gasteiger partial charge >= 0.3 is 0 Å². The number of thioether (sulfide) groups is 1. The summed E-state index contributed by atoms with van der Waals surface area (Å²) in [4.78, 5) is 20.1. The highest BCUT2D eigenvalue weighted by Gasteiger charge is 2.08. The first-order valence-electron chi connectivity index (χ1n) is 6.45. The lowest BCUT2D eigenvalue weighted by molar-refractivity contribution is -0.118. The third-order valence-corrected chi connectivity index (χ3v) is 3.64. The molecule has 3 aromatic rings. The van der Waals surface area contributed by atoms with Gasteiger partial charge in [0, 0.05) is 18.9 Å². The molecule has 21 heavy (non-hydrogen) atoms. The zero-order valence-corrected chi connectivity index (χ0v) is 12.0. The minimum atomic E-state index is -0.0638. The highest BCUT2D eigenvalue weighted by molar-refractivity contribution is 7.99. The maximum absolute atomic E-state index is 11.8. The Balaban J connectivity index is 1.51. The molecule has 0 atom stereocenters. The van der Waals surface area contributed by atoms with E-state index in [9.17, 15) is 4.79 Å². The maximum Gasteiger partial charge on any atom is 0.257 e. The van der Waals surface area contributed by atoms with E-state index in [2.05, 4.69) is 15.3 Å². The number of aromatic nitrogens is 2. The van der Waals surface area contributed by atoms with Crippen LogP contribution < -0.4 is 5.32 Å². The Morgan fingerprint density at radius 3 is 2.95 bits per heavy atom. The van der Waals surface area contributed by atoms with Crippen LogP contribution in [0.1, 0.15) is 5.56 Å². The summed E-state index contributed by atoms with van der Waals surface area (Å²) in [7, 11) is 0. The number of nitrogens with one attached hydrogen (secondary N) is 1. The monoisotopic (exact) mass is 299 g/mol. The summed E-state index contributed by atoms with van der Waals surface area (Å²) in [6, 6.07) is 11.3. The number of oxazole rings is 1. The first kappa shape index (κ1) is 13.6. The molecule has 0 bridgehead atoms. The van der Waals surface area contributed by atoms with E-state index >= 15 is 0 Å². The van der Waals surface area contributed by atoms with Gasteiger partial charge in [0.25, 0.3) is 5.22 Å². The van der Waals surface area contributed by atoms with Crippen molar-refractivity contribution in [3.63, 3.8) is 0 Å². The van der Waals surface area contributed by atoms with Crippen LogP contribution in [0.5, 0.6) is 0 Å². The van der Waals surface area contributed by atoms with Gasteiger partial charge in [-0.05, 0) is 23.8 Å². The molecule has 0 aliphatic heterocycles. The molecular weight excluding hydrogens is 286 g/mol. The molecule has 5 nitrogen and oxygen atoms in total. The van der Waals surface area contributed by atoms with Crippen molar-refractivity contribution in [2.45, 2.75) is 11.8 Å². The Hall–Kier alpha value is -2.34. The van der Waals surface area contributed by atoms with E-state index in [0.29, 0.717) is 11.8 Å². The Morgan fingerprint density at radius 2 is 2.14 bits per heavy atom. The number of fused-ring (bicyclic) bond motifs is 1. The molecule has 0 saturated carbocycles. The van der Waals surface area contributed by atoms with Crippen molar-refractivity contribution in [2.24, 2.45) is 0 Å². The van der Waals surface area contributed by atoms with Crippen molar-refractivity contribution >= 4 is 28.8 Å². The van der Waals surface area contributed by atoms with Crippen LogP contribution in [0, 0.1) is 0 Å². The van der Waals surface area contributed by atoms with Crippen LogP contribution in [0.4, 0.5) is 0 Å². The standard InChI is InChI=1S/C15H13N3O2S/c19-14(17-9-11-4-3-7-16-8-11)10-21-15-18-12-5-1-2-6-13(12)20-15/h1-8H,9-10H2,(H,17,19). The Morgan fingerprint density at radius 1 is 1.24 bits per heavy atom. The lowest BCUT2D eigenvalue weighted by Gasteiger charge is -2.03. The van der Waals surface area contributed by atoms with Crippen molar-refractivity contribution < 1.29 is 9.21 Å². The number of hydrogen-bond acceptors (Lipinski definition) is 5. The number of para-hydroxylation sites is 2. The van der Waals surface area contributed by atoms with E-state index in [4.69, 9.17) is 4.42 Å². The van der Waals surface area contributed by atoms with Gasteiger partial charge in [0.05, 0.1) is 5.75 Å². The molecule has 0 radical (unpaired) electrons. The minimum Gasteiger partial charge on any atom is -0.431 e. The Kier molecular flexibility index (Phi) is 4.16. The number of rotatable bonds is 5. The first-order chi connectivity index (χ1) is 10.3. The average Bonchev–Trinajstić information content (AvgIpc) is 2.95. The first-order valence-corrected chi connectivity index (χ1v) is 7.44. The van der Waals surface area contributed by atoms with E-state index in [1.54, 1.807) is 12.4 Å². The number of carbonyl (C=O) groups excluding carboxylic acids is 1. The third kappa shape index (κ3) is 3.61. The summed E-state index contributed by atoms with van der Waals surface area (Å²) < 4.78 is 5.54. The Bertz CT molecular complexity index is 710. The third-order valence-electron chi connectivity index (χ3n) is 2.81. The van der Waals surface area contributed by atoms with Gasteiger partial charge in [-0.2, -0.15) is 0 Å². The van der Waals surface area contributed by atoms with Crippen molar-refractivity contribution in [1.29, 1.82) is 0 Å². The quantitative estimate of drug-likeness (QED) is 0.734. The molecule has 0 spiro atoms. The molecule has 1 amide bonds. The molecule has 2 aromatic heterocycles. The van der Waals surface area contributed by atoms with Gasteiger partial charge < -0.3 is 9.73 Å². The minimum absolute atomic E-state index is 0.0638. The molecule has 2 heterocycles. The highest BCUT2D eigenvalue weighted by Crippen LogP contribution is 2.22. The van der Waals surface area contributed by atoms with Gasteiger partial charge in [-0.3, -0.25) is 9.78 Å². The van der Waals surface area contributed by atoms with E-state index in [0.717, 1.165) is 16.7 Å². The van der Waals surface area contributed by atoms with Gasteiger partial charge in [0.1, 0.15) is 5.52 Å². The topological polar surface area (TPSA) is 68.0 Å². The zero-order chi connectivity index (χ0) is 14.5. The summed E-state index contributed by atoms with van der Waals surface area (Å²) in [5.74, 6) is 0.207. The predicted molar refractivity (Wildman–Crippen MR) is 80.8 cm³/mol. The van der Waals surface area contributed by atoms with E-state index in [-0.39, 0.29) is 11.7 Å². The second-order valence-corrected chi connectivity index (χ2v) is 5.30. The fourth-order valence-electron chi connectivity index (χ4n) is 1.79. The van der Waals surface area contributed by atoms with E-state index in [1.165, 1.54) is 11.8 Å². The van der Waals surface area contributed by atoms with Crippen molar-refractivity contribution in [2.75, 3.05) is 5.75 Å². The molecule has 0 saturated heterocycles. The van der Waals surface area contributed by atoms with Crippen LogP contribution >= 0.6 is 11.8 Å². The van der Waals surface area contributed by atoms with Crippen molar-refractivity contribution in [1.82, 2.24) is 15.3 Å². The number of carbonyl (C=O) groups is 1. The Labute approximate surface area is 125 Å². The van der Waals surface area contributed by atoms with Crippen molar-refractivity contribution in [3.8, 4) is 0 Å². The van der Waals surface area contributed by atoms with Gasteiger partial charge in [0.15, 0.2) is 5.58 Å². The molecule has 0 unspecified atom stereocenters. The van der Waals surface area contributed by atoms with Gasteiger partial charge in [0.2, 0.25) is 5.91 Å². The lowest BCUT2D eigenvalue weighted by atomic mass is 10.3. The number of amides is 1. The summed E-state index contributed by atoms with van der Waals surface area (Å²) in [5, 5.41) is 3.34. The fraction of sp³-hybridized carbons (Fsp3) is 0.133. The molecule has 6 heteroatoms. The second kappa shape index (κ2) is 6.41. The summed E-state index contributed by atoms with van der Waals surface area (Å²) >= 11 is 1.28. The molecule has 106 valence electrons. The van der Waals surface area contributed by atoms with Gasteiger partial charge in [-0.25, -0.2) is 4.98 Å². The van der Waals surface area contributed by atoms with Crippen LogP contribution in [0.25, 0.3) is 11.1 Å². The molecule has 3 rings (SSSR count). The number of nitrogens with zero attached hydrogens (tertiary/aromatic N) is 2. The molecule has 0 aliphatic carbocycles. The number of pyridine rings is 1. The molecule has 0 aliphatic rings. The second-order valence-electron chi connectivity index (χ2n) is 4.37. The summed E-state index contributed by atoms with van der Waals surface area (Å²) in [5.41, 5.74) is 2.50. The number of benzene rings is 1. The molecule has 1 N–H and O–H groups in total. The van der Waals surface area contributed by atoms with Gasteiger partial charge in [-0.15, -0.1) is 0 Å². The SMILES string of the molecule is O=C(CSc1nc2ccccc2o1)NCc1cccnc1. The fourth-order valence-corrected chi connectivity index (χ4v) is 2.46. The predicted octanol–water partition coefficient (Wildman–Crippen LogP) is 2.63. The van der Waals surface area contributed by atoms with Crippen LogP contribution in [0.3, 0.4) is 0 Å². The molecule has 1 aromatic carbocycles. The summed E-state index contributed by atoms with van der Waals surface area (Å²) in [6.45, 7) is 0.473. The van der Waals surface area contributed by atoms with Gasteiger partial charge in [-0.1, -0.05) is 30.0 Å². The normalized spacial score (nSPS) is 10.7. The maximum atomic E-state index is 11.8.